The summed E-state index contributed by atoms with van der Waals surface area (Å²) in [5.41, 5.74) is 6.04. The number of hydrogen-bond acceptors (Lipinski definition) is 10. The van der Waals surface area contributed by atoms with E-state index in [0.717, 1.165) is 24.0 Å². The third kappa shape index (κ3) is 6.14. The van der Waals surface area contributed by atoms with Crippen LogP contribution in [-0.2, 0) is 0 Å². The summed E-state index contributed by atoms with van der Waals surface area (Å²) < 4.78 is 65.5. The molecular formula is C35H37ClF4N8OS. The SMILES string of the molecule is C=C1C[C@@H](C)CNCCNc2nc(OCC34CCCN3CC(=C(F)F)C4)nc3c(F)c(-c4ncc(F)c5sc(N)c(C#N)c45)c(Cl)c1c23.CC. The van der Waals surface area contributed by atoms with Gasteiger partial charge < -0.3 is 21.1 Å². The van der Waals surface area contributed by atoms with Crippen molar-refractivity contribution in [2.75, 3.05) is 50.4 Å². The van der Waals surface area contributed by atoms with Crippen LogP contribution in [0.4, 0.5) is 28.4 Å². The summed E-state index contributed by atoms with van der Waals surface area (Å²) >= 11 is 7.98. The molecule has 0 aliphatic carbocycles. The fourth-order valence-electron chi connectivity index (χ4n) is 7.28. The van der Waals surface area contributed by atoms with Gasteiger partial charge in [-0.25, -0.2) is 8.78 Å². The number of benzene rings is 1. The van der Waals surface area contributed by atoms with Gasteiger partial charge in [0.05, 0.1) is 43.7 Å². The first-order valence-corrected chi connectivity index (χ1v) is 17.8. The monoisotopic (exact) mass is 728 g/mol. The van der Waals surface area contributed by atoms with Crippen LogP contribution in [-0.4, -0.2) is 64.7 Å². The Morgan fingerprint density at radius 2 is 2.02 bits per heavy atom. The van der Waals surface area contributed by atoms with Gasteiger partial charge in [0.1, 0.15) is 29.0 Å². The number of halogens is 5. The number of aromatic nitrogens is 3. The number of thiophene rings is 1. The van der Waals surface area contributed by atoms with Crippen molar-refractivity contribution in [3.8, 4) is 23.3 Å². The lowest BCUT2D eigenvalue weighted by Gasteiger charge is -2.30. The van der Waals surface area contributed by atoms with E-state index in [1.807, 2.05) is 24.8 Å². The number of hydrogen-bond donors (Lipinski definition) is 3. The zero-order valence-corrected chi connectivity index (χ0v) is 29.5. The largest absolute Gasteiger partial charge is 0.461 e. The Morgan fingerprint density at radius 3 is 2.76 bits per heavy atom. The lowest BCUT2D eigenvalue weighted by molar-refractivity contribution is 0.108. The fourth-order valence-corrected chi connectivity index (χ4v) is 8.60. The average molecular weight is 729 g/mol. The van der Waals surface area contributed by atoms with Crippen molar-refractivity contribution in [3.63, 3.8) is 0 Å². The van der Waals surface area contributed by atoms with Crippen LogP contribution in [0.2, 0.25) is 5.02 Å². The van der Waals surface area contributed by atoms with Gasteiger partial charge in [0.2, 0.25) is 0 Å². The number of nitriles is 1. The normalized spacial score (nSPS) is 20.9. The van der Waals surface area contributed by atoms with E-state index in [-0.39, 0.29) is 90.7 Å². The predicted molar refractivity (Wildman–Crippen MR) is 191 cm³/mol. The van der Waals surface area contributed by atoms with E-state index in [9.17, 15) is 18.4 Å². The van der Waals surface area contributed by atoms with E-state index < -0.39 is 23.3 Å². The molecule has 15 heteroatoms. The fraction of sp³-hybridized carbons (Fsp3) is 0.429. The highest BCUT2D eigenvalue weighted by molar-refractivity contribution is 7.23. The molecule has 0 radical (unpaired) electrons. The number of pyridine rings is 1. The highest BCUT2D eigenvalue weighted by Crippen LogP contribution is 2.49. The molecular weight excluding hydrogens is 692 g/mol. The molecule has 0 spiro atoms. The number of nitrogens with two attached hydrogens (primary N) is 1. The number of nitrogens with one attached hydrogen (secondary N) is 2. The molecule has 9 nitrogen and oxygen atoms in total. The molecule has 3 aliphatic heterocycles. The minimum atomic E-state index is -1.67. The molecule has 6 heterocycles. The number of ether oxygens (including phenoxy) is 1. The molecule has 2 saturated heterocycles. The van der Waals surface area contributed by atoms with Gasteiger partial charge in [-0.2, -0.15) is 24.0 Å². The molecule has 4 aromatic rings. The molecule has 2 fully saturated rings. The number of anilines is 2. The first-order chi connectivity index (χ1) is 24.0. The van der Waals surface area contributed by atoms with Crippen LogP contribution in [0.3, 0.4) is 0 Å². The van der Waals surface area contributed by atoms with E-state index in [4.69, 9.17) is 22.1 Å². The molecule has 7 rings (SSSR count). The van der Waals surface area contributed by atoms with Gasteiger partial charge in [-0.15, -0.1) is 11.3 Å². The molecule has 3 aliphatic rings. The maximum atomic E-state index is 17.1. The van der Waals surface area contributed by atoms with Crippen molar-refractivity contribution in [1.82, 2.24) is 25.2 Å². The summed E-state index contributed by atoms with van der Waals surface area (Å²) in [7, 11) is 0. The Balaban J connectivity index is 0.00000212. The minimum Gasteiger partial charge on any atom is -0.461 e. The van der Waals surface area contributed by atoms with Gasteiger partial charge >= 0.3 is 6.01 Å². The Labute approximate surface area is 296 Å². The van der Waals surface area contributed by atoms with Gasteiger partial charge in [0, 0.05) is 36.2 Å². The summed E-state index contributed by atoms with van der Waals surface area (Å²) in [5.74, 6) is -1.21. The van der Waals surface area contributed by atoms with Crippen LogP contribution < -0.4 is 21.1 Å². The topological polar surface area (TPSA) is 125 Å². The lowest BCUT2D eigenvalue weighted by Crippen LogP contribution is -2.43. The number of nitrogens with zero attached hydrogens (tertiary/aromatic N) is 5. The second-order valence-corrected chi connectivity index (χ2v) is 14.1. The molecule has 0 bridgehead atoms. The molecule has 264 valence electrons. The summed E-state index contributed by atoms with van der Waals surface area (Å²) in [5, 5.41) is 16.9. The Hall–Kier alpha value is -4.03. The number of fused-ring (bicyclic) bond motifs is 2. The molecule has 0 amide bonds. The quantitative estimate of drug-likeness (QED) is 0.179. The van der Waals surface area contributed by atoms with Gasteiger partial charge in [0.25, 0.3) is 6.08 Å². The molecule has 1 unspecified atom stereocenters. The van der Waals surface area contributed by atoms with Crippen LogP contribution in [0.1, 0.15) is 57.6 Å². The highest BCUT2D eigenvalue weighted by Gasteiger charge is 2.48. The molecule has 3 aromatic heterocycles. The van der Waals surface area contributed by atoms with Crippen molar-refractivity contribution in [2.24, 2.45) is 5.92 Å². The van der Waals surface area contributed by atoms with Crippen LogP contribution in [0.5, 0.6) is 6.01 Å². The smallest absolute Gasteiger partial charge is 0.319 e. The third-order valence-electron chi connectivity index (χ3n) is 9.49. The Kier molecular flexibility index (Phi) is 10.2. The van der Waals surface area contributed by atoms with E-state index >= 15 is 4.39 Å². The number of allylic oxidation sites excluding steroid dienone is 1. The average Bonchev–Trinajstić information content (AvgIpc) is 3.76. The van der Waals surface area contributed by atoms with Crippen molar-refractivity contribution in [2.45, 2.75) is 52.0 Å². The predicted octanol–water partition coefficient (Wildman–Crippen LogP) is 8.14. The molecule has 2 atom stereocenters. The van der Waals surface area contributed by atoms with Crippen LogP contribution in [0.25, 0.3) is 37.8 Å². The van der Waals surface area contributed by atoms with Crippen molar-refractivity contribution < 1.29 is 22.3 Å². The van der Waals surface area contributed by atoms with E-state index in [2.05, 4.69) is 39.1 Å². The molecule has 50 heavy (non-hydrogen) atoms. The van der Waals surface area contributed by atoms with Crippen LogP contribution >= 0.6 is 22.9 Å². The maximum absolute atomic E-state index is 17.1. The standard InChI is InChI=1S/C33H31ClF4N8OS.C2H6/c1-15-8-16(2)20-22-27(25(36)23(24(20)34)26-21-18(10-39)30(40)48-28(21)19(35)12-43-26)44-32(45-31(22)42-6-5-41-11-15)47-14-33-4-3-7-46(33)13-17(9-33)29(37)38;1-2/h12,15,41H,2-9,11,13-14,40H2,1H3,(H,42,44,45);1-2H3/t15-,33?;/m1./s1. The zero-order chi connectivity index (χ0) is 35.9. The molecule has 0 saturated carbocycles. The first kappa shape index (κ1) is 35.8. The minimum absolute atomic E-state index is 0.0231. The van der Waals surface area contributed by atoms with Gasteiger partial charge in [-0.3, -0.25) is 9.88 Å². The summed E-state index contributed by atoms with van der Waals surface area (Å²) in [6.07, 6.45) is 1.41. The molecule has 1 aromatic carbocycles. The number of rotatable bonds is 4. The Bertz CT molecular complexity index is 2080. The van der Waals surface area contributed by atoms with Gasteiger partial charge in [-0.05, 0) is 50.3 Å². The maximum Gasteiger partial charge on any atom is 0.319 e. The highest BCUT2D eigenvalue weighted by atomic mass is 35.5. The summed E-state index contributed by atoms with van der Waals surface area (Å²) in [4.78, 5) is 15.4. The van der Waals surface area contributed by atoms with E-state index in [1.54, 1.807) is 0 Å². The number of nitrogen functional groups attached to an aromatic ring is 1. The van der Waals surface area contributed by atoms with Crippen molar-refractivity contribution in [1.29, 1.82) is 5.26 Å². The third-order valence-corrected chi connectivity index (χ3v) is 10.9. The summed E-state index contributed by atoms with van der Waals surface area (Å²) in [6.45, 7) is 12.9. The van der Waals surface area contributed by atoms with Gasteiger partial charge in [-0.1, -0.05) is 39.0 Å². The van der Waals surface area contributed by atoms with Gasteiger partial charge in [0.15, 0.2) is 11.6 Å². The second-order valence-electron chi connectivity index (χ2n) is 12.7. The van der Waals surface area contributed by atoms with Crippen LogP contribution in [0, 0.1) is 28.9 Å². The van der Waals surface area contributed by atoms with E-state index in [0.29, 0.717) is 50.2 Å². The van der Waals surface area contributed by atoms with Crippen LogP contribution in [0.15, 0.2) is 24.4 Å². The lowest BCUT2D eigenvalue weighted by atomic mass is 9.90. The van der Waals surface area contributed by atoms with E-state index in [1.165, 1.54) is 0 Å². The molecule has 4 N–H and O–H groups in total. The van der Waals surface area contributed by atoms with Crippen molar-refractivity contribution in [3.05, 3.63) is 52.2 Å². The van der Waals surface area contributed by atoms with Crippen molar-refractivity contribution >= 4 is 60.3 Å². The second kappa shape index (κ2) is 14.3. The summed E-state index contributed by atoms with van der Waals surface area (Å²) in [6, 6.07) is 1.84. The first-order valence-electron chi connectivity index (χ1n) is 16.6. The zero-order valence-electron chi connectivity index (χ0n) is 28.0. The Morgan fingerprint density at radius 1 is 1.24 bits per heavy atom.